The quantitative estimate of drug-likeness (QED) is 0.796. The third-order valence-electron chi connectivity index (χ3n) is 4.03. The summed E-state index contributed by atoms with van der Waals surface area (Å²) in [4.78, 5) is 0. The van der Waals surface area contributed by atoms with E-state index in [0.717, 1.165) is 19.3 Å². The van der Waals surface area contributed by atoms with Gasteiger partial charge in [0, 0.05) is 13.1 Å². The van der Waals surface area contributed by atoms with E-state index in [0.29, 0.717) is 13.1 Å². The van der Waals surface area contributed by atoms with Crippen LogP contribution in [0.15, 0.2) is 0 Å². The number of aliphatic hydroxyl groups excluding tert-OH is 1. The molecule has 0 bridgehead atoms. The predicted molar refractivity (Wildman–Crippen MR) is 64.7 cm³/mol. The summed E-state index contributed by atoms with van der Waals surface area (Å²) in [6, 6.07) is 0. The van der Waals surface area contributed by atoms with Crippen molar-refractivity contribution >= 4 is 10.0 Å². The summed E-state index contributed by atoms with van der Waals surface area (Å²) >= 11 is 0. The smallest absolute Gasteiger partial charge is 0.218 e. The number of rotatable bonds is 5. The third kappa shape index (κ3) is 2.41. The molecule has 0 aromatic rings. The van der Waals surface area contributed by atoms with Crippen molar-refractivity contribution < 1.29 is 13.5 Å². The van der Waals surface area contributed by atoms with Crippen LogP contribution >= 0.6 is 0 Å². The molecule has 16 heavy (non-hydrogen) atoms. The maximum atomic E-state index is 12.0. The molecule has 0 amide bonds. The van der Waals surface area contributed by atoms with Gasteiger partial charge < -0.3 is 5.11 Å². The summed E-state index contributed by atoms with van der Waals surface area (Å²) in [5, 5.41) is 8.29. The second-order valence-corrected chi connectivity index (χ2v) is 7.18. The van der Waals surface area contributed by atoms with Crippen molar-refractivity contribution in [2.24, 2.45) is 5.41 Å². The standard InChI is InChI=1S/C11H23NO3S/c1-4-11(5-2)6-7-12(9-11)16(14,15)10(3)8-13/h10,13H,4-9H2,1-3H3. The Balaban J connectivity index is 2.80. The van der Waals surface area contributed by atoms with Gasteiger partial charge in [-0.2, -0.15) is 0 Å². The monoisotopic (exact) mass is 249 g/mol. The van der Waals surface area contributed by atoms with Gasteiger partial charge in [-0.3, -0.25) is 0 Å². The zero-order valence-electron chi connectivity index (χ0n) is 10.4. The number of hydrogen-bond acceptors (Lipinski definition) is 3. The largest absolute Gasteiger partial charge is 0.395 e. The van der Waals surface area contributed by atoms with Gasteiger partial charge in [-0.1, -0.05) is 13.8 Å². The molecule has 0 aliphatic carbocycles. The van der Waals surface area contributed by atoms with E-state index in [2.05, 4.69) is 13.8 Å². The van der Waals surface area contributed by atoms with Crippen LogP contribution < -0.4 is 0 Å². The highest BCUT2D eigenvalue weighted by Gasteiger charge is 2.41. The van der Waals surface area contributed by atoms with Gasteiger partial charge >= 0.3 is 0 Å². The third-order valence-corrected chi connectivity index (χ3v) is 6.23. The van der Waals surface area contributed by atoms with Crippen molar-refractivity contribution in [2.45, 2.75) is 45.3 Å². The van der Waals surface area contributed by atoms with E-state index in [1.165, 1.54) is 0 Å². The van der Waals surface area contributed by atoms with Crippen LogP contribution in [0.3, 0.4) is 0 Å². The fourth-order valence-corrected chi connectivity index (χ4v) is 3.78. The van der Waals surface area contributed by atoms with E-state index in [9.17, 15) is 8.42 Å². The van der Waals surface area contributed by atoms with Crippen molar-refractivity contribution in [2.75, 3.05) is 19.7 Å². The lowest BCUT2D eigenvalue weighted by atomic mass is 9.82. The highest BCUT2D eigenvalue weighted by Crippen LogP contribution is 2.38. The molecule has 1 N–H and O–H groups in total. The predicted octanol–water partition coefficient (Wildman–Crippen LogP) is 1.21. The maximum Gasteiger partial charge on any atom is 0.218 e. The van der Waals surface area contributed by atoms with Crippen LogP contribution in [0.25, 0.3) is 0 Å². The SMILES string of the molecule is CCC1(CC)CCN(S(=O)(=O)C(C)CO)C1. The first-order chi connectivity index (χ1) is 7.41. The molecule has 1 saturated heterocycles. The Bertz CT molecular complexity index is 322. The van der Waals surface area contributed by atoms with E-state index in [4.69, 9.17) is 5.11 Å². The topological polar surface area (TPSA) is 57.6 Å². The van der Waals surface area contributed by atoms with Crippen LogP contribution in [0.1, 0.15) is 40.0 Å². The Morgan fingerprint density at radius 2 is 1.94 bits per heavy atom. The first kappa shape index (κ1) is 13.9. The van der Waals surface area contributed by atoms with Gasteiger partial charge in [-0.05, 0) is 31.6 Å². The van der Waals surface area contributed by atoms with Gasteiger partial charge in [0.25, 0.3) is 0 Å². The molecule has 1 heterocycles. The van der Waals surface area contributed by atoms with Crippen LogP contribution in [0.5, 0.6) is 0 Å². The average molecular weight is 249 g/mol. The van der Waals surface area contributed by atoms with Gasteiger partial charge in [0.15, 0.2) is 0 Å². The summed E-state index contributed by atoms with van der Waals surface area (Å²) < 4.78 is 25.7. The summed E-state index contributed by atoms with van der Waals surface area (Å²) in [7, 11) is -3.30. The first-order valence-electron chi connectivity index (χ1n) is 6.01. The Morgan fingerprint density at radius 1 is 1.38 bits per heavy atom. The molecule has 0 radical (unpaired) electrons. The van der Waals surface area contributed by atoms with Crippen LogP contribution in [0.2, 0.25) is 0 Å². The van der Waals surface area contributed by atoms with E-state index in [1.54, 1.807) is 11.2 Å². The van der Waals surface area contributed by atoms with Crippen molar-refractivity contribution in [3.8, 4) is 0 Å². The number of nitrogens with zero attached hydrogens (tertiary/aromatic N) is 1. The van der Waals surface area contributed by atoms with Gasteiger partial charge in [0.2, 0.25) is 10.0 Å². The van der Waals surface area contributed by atoms with Crippen molar-refractivity contribution in [1.29, 1.82) is 0 Å². The molecule has 1 atom stereocenters. The Morgan fingerprint density at radius 3 is 2.31 bits per heavy atom. The van der Waals surface area contributed by atoms with E-state index >= 15 is 0 Å². The molecule has 1 aliphatic rings. The van der Waals surface area contributed by atoms with Gasteiger partial charge in [0.05, 0.1) is 11.9 Å². The number of aliphatic hydroxyl groups is 1. The summed E-state index contributed by atoms with van der Waals surface area (Å²) in [6.07, 6.45) is 2.98. The molecule has 1 aliphatic heterocycles. The highest BCUT2D eigenvalue weighted by molar-refractivity contribution is 7.89. The molecule has 1 unspecified atom stereocenters. The minimum Gasteiger partial charge on any atom is -0.395 e. The van der Waals surface area contributed by atoms with Crippen molar-refractivity contribution in [3.05, 3.63) is 0 Å². The zero-order valence-corrected chi connectivity index (χ0v) is 11.3. The molecule has 0 saturated carbocycles. The summed E-state index contributed by atoms with van der Waals surface area (Å²) in [5.74, 6) is 0. The van der Waals surface area contributed by atoms with Crippen LogP contribution in [-0.2, 0) is 10.0 Å². The van der Waals surface area contributed by atoms with Crippen LogP contribution in [0.4, 0.5) is 0 Å². The van der Waals surface area contributed by atoms with Gasteiger partial charge in [0.1, 0.15) is 0 Å². The average Bonchev–Trinajstić information content (AvgIpc) is 2.73. The second kappa shape index (κ2) is 5.02. The Hall–Kier alpha value is -0.130. The molecule has 1 rings (SSSR count). The Labute approximate surface area is 98.7 Å². The second-order valence-electron chi connectivity index (χ2n) is 4.83. The molecular formula is C11H23NO3S. The van der Waals surface area contributed by atoms with E-state index in [-0.39, 0.29) is 12.0 Å². The molecule has 0 aromatic heterocycles. The molecular weight excluding hydrogens is 226 g/mol. The molecule has 96 valence electrons. The summed E-state index contributed by atoms with van der Waals surface area (Å²) in [6.45, 7) is 6.72. The maximum absolute atomic E-state index is 12.0. The van der Waals surface area contributed by atoms with Crippen LogP contribution in [0, 0.1) is 5.41 Å². The first-order valence-corrected chi connectivity index (χ1v) is 7.52. The lowest BCUT2D eigenvalue weighted by Crippen LogP contribution is -2.39. The molecule has 0 spiro atoms. The van der Waals surface area contributed by atoms with Gasteiger partial charge in [-0.15, -0.1) is 0 Å². The van der Waals surface area contributed by atoms with E-state index < -0.39 is 15.3 Å². The van der Waals surface area contributed by atoms with Crippen LogP contribution in [-0.4, -0.2) is 42.8 Å². The lowest BCUT2D eigenvalue weighted by molar-refractivity contribution is 0.272. The Kier molecular flexibility index (Phi) is 4.37. The lowest BCUT2D eigenvalue weighted by Gasteiger charge is -2.27. The normalized spacial score (nSPS) is 23.5. The molecule has 1 fully saturated rings. The number of sulfonamides is 1. The minimum absolute atomic E-state index is 0.155. The fourth-order valence-electron chi connectivity index (χ4n) is 2.29. The fraction of sp³-hybridized carbons (Fsp3) is 1.00. The minimum atomic E-state index is -3.30. The summed E-state index contributed by atoms with van der Waals surface area (Å²) in [5.41, 5.74) is 0.155. The zero-order chi connectivity index (χ0) is 12.4. The molecule has 0 aromatic carbocycles. The molecule has 5 heteroatoms. The van der Waals surface area contributed by atoms with Crippen molar-refractivity contribution in [1.82, 2.24) is 4.31 Å². The highest BCUT2D eigenvalue weighted by atomic mass is 32.2. The molecule has 4 nitrogen and oxygen atoms in total. The van der Waals surface area contributed by atoms with Crippen molar-refractivity contribution in [3.63, 3.8) is 0 Å². The number of hydrogen-bond donors (Lipinski definition) is 1. The van der Waals surface area contributed by atoms with Gasteiger partial charge in [-0.25, -0.2) is 12.7 Å². The van der Waals surface area contributed by atoms with E-state index in [1.807, 2.05) is 0 Å².